The summed E-state index contributed by atoms with van der Waals surface area (Å²) in [6, 6.07) is 13.2. The van der Waals surface area contributed by atoms with E-state index in [0.717, 1.165) is 5.56 Å². The van der Waals surface area contributed by atoms with E-state index in [9.17, 15) is 14.9 Å². The van der Waals surface area contributed by atoms with Crippen molar-refractivity contribution in [3.05, 3.63) is 69.8 Å². The van der Waals surface area contributed by atoms with Gasteiger partial charge in [-0.3, -0.25) is 14.9 Å². The minimum absolute atomic E-state index is 0.0182. The number of non-ortho nitro benzene ring substituents is 1. The van der Waals surface area contributed by atoms with Crippen molar-refractivity contribution in [3.8, 4) is 5.75 Å². The minimum atomic E-state index is -0.926. The SMILES string of the molecule is CCO[C@@H](CC(=O)O)c1ccc(OCc2cccc([N+](=O)[O-])c2)cc1. The van der Waals surface area contributed by atoms with Gasteiger partial charge in [-0.25, -0.2) is 0 Å². The second-order valence-electron chi connectivity index (χ2n) is 5.33. The Labute approximate surface area is 145 Å². The van der Waals surface area contributed by atoms with E-state index >= 15 is 0 Å². The average Bonchev–Trinajstić information content (AvgIpc) is 2.60. The number of benzene rings is 2. The van der Waals surface area contributed by atoms with E-state index in [1.165, 1.54) is 12.1 Å². The number of nitro groups is 1. The molecular formula is C18H19NO6. The number of rotatable bonds is 9. The maximum atomic E-state index is 10.9. The molecule has 0 bridgehead atoms. The lowest BCUT2D eigenvalue weighted by molar-refractivity contribution is -0.384. The van der Waals surface area contributed by atoms with Gasteiger partial charge < -0.3 is 14.6 Å². The predicted octanol–water partition coefficient (Wildman–Crippen LogP) is 3.73. The zero-order chi connectivity index (χ0) is 18.2. The number of ether oxygens (including phenoxy) is 2. The summed E-state index contributed by atoms with van der Waals surface area (Å²) in [7, 11) is 0. The predicted molar refractivity (Wildman–Crippen MR) is 90.5 cm³/mol. The number of hydrogen-bond donors (Lipinski definition) is 1. The molecule has 1 atom stereocenters. The lowest BCUT2D eigenvalue weighted by Crippen LogP contribution is -2.10. The highest BCUT2D eigenvalue weighted by atomic mass is 16.6. The third-order valence-corrected chi connectivity index (χ3v) is 3.51. The topological polar surface area (TPSA) is 98.9 Å². The maximum absolute atomic E-state index is 10.9. The molecule has 0 aliphatic rings. The normalized spacial score (nSPS) is 11.7. The Hall–Kier alpha value is -2.93. The second kappa shape index (κ2) is 8.79. The molecule has 0 aliphatic carbocycles. The molecule has 0 fully saturated rings. The fourth-order valence-corrected chi connectivity index (χ4v) is 2.34. The van der Waals surface area contributed by atoms with Crippen LogP contribution in [0.1, 0.15) is 30.6 Å². The van der Waals surface area contributed by atoms with E-state index in [1.54, 1.807) is 36.4 Å². The van der Waals surface area contributed by atoms with Crippen LogP contribution in [0.3, 0.4) is 0 Å². The van der Waals surface area contributed by atoms with Gasteiger partial charge >= 0.3 is 5.97 Å². The monoisotopic (exact) mass is 345 g/mol. The second-order valence-corrected chi connectivity index (χ2v) is 5.33. The lowest BCUT2D eigenvalue weighted by Gasteiger charge is -2.16. The van der Waals surface area contributed by atoms with Gasteiger partial charge in [0.25, 0.3) is 5.69 Å². The standard InChI is InChI=1S/C18H19NO6/c1-2-24-17(11-18(20)21)14-6-8-16(9-7-14)25-12-13-4-3-5-15(10-13)19(22)23/h3-10,17H,2,11-12H2,1H3,(H,20,21)/t17-/m0/s1. The molecule has 0 saturated heterocycles. The molecule has 7 nitrogen and oxygen atoms in total. The Kier molecular flexibility index (Phi) is 6.47. The maximum Gasteiger partial charge on any atom is 0.306 e. The third-order valence-electron chi connectivity index (χ3n) is 3.51. The fraction of sp³-hybridized carbons (Fsp3) is 0.278. The van der Waals surface area contributed by atoms with Crippen molar-refractivity contribution in [2.24, 2.45) is 0 Å². The van der Waals surface area contributed by atoms with E-state index in [1.807, 2.05) is 6.92 Å². The highest BCUT2D eigenvalue weighted by Crippen LogP contribution is 2.24. The first-order valence-corrected chi connectivity index (χ1v) is 7.79. The van der Waals surface area contributed by atoms with Gasteiger partial charge in [0.1, 0.15) is 12.4 Å². The molecule has 7 heteroatoms. The zero-order valence-corrected chi connectivity index (χ0v) is 13.8. The molecule has 2 aromatic rings. The molecule has 0 aliphatic heterocycles. The Morgan fingerprint density at radius 1 is 1.24 bits per heavy atom. The highest BCUT2D eigenvalue weighted by Gasteiger charge is 2.15. The van der Waals surface area contributed by atoms with Crippen LogP contribution in [0, 0.1) is 10.1 Å². The molecule has 0 heterocycles. The number of carboxylic acids is 1. The summed E-state index contributed by atoms with van der Waals surface area (Å²) in [5.74, 6) is -0.342. The average molecular weight is 345 g/mol. The molecule has 0 unspecified atom stereocenters. The zero-order valence-electron chi connectivity index (χ0n) is 13.8. The van der Waals surface area contributed by atoms with E-state index in [4.69, 9.17) is 14.6 Å². The third kappa shape index (κ3) is 5.58. The summed E-state index contributed by atoms with van der Waals surface area (Å²) in [4.78, 5) is 21.2. The largest absolute Gasteiger partial charge is 0.489 e. The van der Waals surface area contributed by atoms with Gasteiger partial charge in [0.2, 0.25) is 0 Å². The van der Waals surface area contributed by atoms with Crippen molar-refractivity contribution in [1.82, 2.24) is 0 Å². The first-order chi connectivity index (χ1) is 12.0. The van der Waals surface area contributed by atoms with E-state index in [2.05, 4.69) is 0 Å². The number of carbonyl (C=O) groups is 1. The molecule has 0 radical (unpaired) electrons. The first kappa shape index (κ1) is 18.4. The van der Waals surface area contributed by atoms with Crippen LogP contribution in [0.4, 0.5) is 5.69 Å². The molecule has 0 aromatic heterocycles. The molecule has 0 spiro atoms. The molecule has 2 rings (SSSR count). The van der Waals surface area contributed by atoms with E-state index < -0.39 is 17.0 Å². The Morgan fingerprint density at radius 2 is 1.96 bits per heavy atom. The smallest absolute Gasteiger partial charge is 0.306 e. The quantitative estimate of drug-likeness (QED) is 0.549. The molecule has 132 valence electrons. The van der Waals surface area contributed by atoms with E-state index in [0.29, 0.717) is 17.9 Å². The van der Waals surface area contributed by atoms with Crippen molar-refractivity contribution in [2.75, 3.05) is 6.61 Å². The van der Waals surface area contributed by atoms with Gasteiger partial charge in [-0.15, -0.1) is 0 Å². The van der Waals surface area contributed by atoms with Crippen LogP contribution in [0.25, 0.3) is 0 Å². The van der Waals surface area contributed by atoms with Gasteiger partial charge in [0.15, 0.2) is 0 Å². The van der Waals surface area contributed by atoms with Gasteiger partial charge in [0, 0.05) is 18.7 Å². The van der Waals surface area contributed by atoms with Gasteiger partial charge in [0.05, 0.1) is 17.4 Å². The van der Waals surface area contributed by atoms with Crippen molar-refractivity contribution in [3.63, 3.8) is 0 Å². The summed E-state index contributed by atoms with van der Waals surface area (Å²) in [6.07, 6.45) is -0.616. The van der Waals surface area contributed by atoms with Crippen molar-refractivity contribution < 1.29 is 24.3 Å². The summed E-state index contributed by atoms with van der Waals surface area (Å²) in [5.41, 5.74) is 1.47. The number of aliphatic carboxylic acids is 1. The van der Waals surface area contributed by atoms with Crippen molar-refractivity contribution >= 4 is 11.7 Å². The van der Waals surface area contributed by atoms with Crippen molar-refractivity contribution in [2.45, 2.75) is 26.1 Å². The number of nitrogens with zero attached hydrogens (tertiary/aromatic N) is 1. The van der Waals surface area contributed by atoms with Crippen LogP contribution >= 0.6 is 0 Å². The summed E-state index contributed by atoms with van der Waals surface area (Å²) >= 11 is 0. The molecular weight excluding hydrogens is 326 g/mol. The first-order valence-electron chi connectivity index (χ1n) is 7.79. The van der Waals surface area contributed by atoms with Crippen LogP contribution in [0.2, 0.25) is 0 Å². The number of carboxylic acid groups (broad SMARTS) is 1. The number of nitro benzene ring substituents is 1. The summed E-state index contributed by atoms with van der Waals surface area (Å²) in [5, 5.41) is 19.7. The molecule has 1 N–H and O–H groups in total. The molecule has 2 aromatic carbocycles. The van der Waals surface area contributed by atoms with Gasteiger partial charge in [-0.2, -0.15) is 0 Å². The van der Waals surface area contributed by atoms with Crippen LogP contribution in [-0.4, -0.2) is 22.6 Å². The highest BCUT2D eigenvalue weighted by molar-refractivity contribution is 5.67. The summed E-state index contributed by atoms with van der Waals surface area (Å²) in [6.45, 7) is 2.43. The lowest BCUT2D eigenvalue weighted by atomic mass is 10.1. The Bertz CT molecular complexity index is 729. The summed E-state index contributed by atoms with van der Waals surface area (Å²) < 4.78 is 11.1. The van der Waals surface area contributed by atoms with Gasteiger partial charge in [-0.1, -0.05) is 24.3 Å². The fourth-order valence-electron chi connectivity index (χ4n) is 2.34. The molecule has 25 heavy (non-hydrogen) atoms. The van der Waals surface area contributed by atoms with Crippen LogP contribution < -0.4 is 4.74 Å². The van der Waals surface area contributed by atoms with Crippen LogP contribution in [0.15, 0.2) is 48.5 Å². The molecule has 0 amide bonds. The van der Waals surface area contributed by atoms with Crippen LogP contribution in [-0.2, 0) is 16.1 Å². The Morgan fingerprint density at radius 3 is 2.56 bits per heavy atom. The minimum Gasteiger partial charge on any atom is -0.489 e. The number of hydrogen-bond acceptors (Lipinski definition) is 5. The molecule has 0 saturated carbocycles. The van der Waals surface area contributed by atoms with Crippen molar-refractivity contribution in [1.29, 1.82) is 0 Å². The Balaban J connectivity index is 2.01. The van der Waals surface area contributed by atoms with Crippen LogP contribution in [0.5, 0.6) is 5.75 Å². The van der Waals surface area contributed by atoms with Gasteiger partial charge in [-0.05, 0) is 30.2 Å². The van der Waals surface area contributed by atoms with E-state index in [-0.39, 0.29) is 18.7 Å².